The van der Waals surface area contributed by atoms with E-state index in [4.69, 9.17) is 0 Å². The molecule has 0 atom stereocenters. The topological polar surface area (TPSA) is 38.3 Å². The Hall–Kier alpha value is -2.56. The van der Waals surface area contributed by atoms with Gasteiger partial charge in [0.05, 0.1) is 6.54 Å². The number of hydrogen-bond donors (Lipinski definition) is 1. The zero-order chi connectivity index (χ0) is 26.3. The summed E-state index contributed by atoms with van der Waals surface area (Å²) < 4.78 is 199. The van der Waals surface area contributed by atoms with E-state index in [2.05, 4.69) is 4.74 Å². The van der Waals surface area contributed by atoms with Crippen molar-refractivity contribution < 1.29 is 75.4 Å². The van der Waals surface area contributed by atoms with E-state index in [1.807, 2.05) is 0 Å². The third-order valence-corrected chi connectivity index (χ3v) is 3.80. The lowest BCUT2D eigenvalue weighted by atomic mass is 9.91. The maximum Gasteiger partial charge on any atom is 0.460 e. The number of para-hydroxylation sites is 1. The first-order chi connectivity index (χ1) is 14.5. The van der Waals surface area contributed by atoms with E-state index < -0.39 is 60.1 Å². The van der Waals surface area contributed by atoms with Gasteiger partial charge in [0.1, 0.15) is 5.75 Å². The molecule has 1 amide bonds. The fourth-order valence-electron chi connectivity index (χ4n) is 1.93. The van der Waals surface area contributed by atoms with Crippen molar-refractivity contribution in [2.75, 3.05) is 6.54 Å². The van der Waals surface area contributed by atoms with E-state index in [9.17, 15) is 70.7 Å². The molecule has 0 aliphatic rings. The number of halogens is 15. The summed E-state index contributed by atoms with van der Waals surface area (Å²) in [5, 5.41) is 0.709. The van der Waals surface area contributed by atoms with Gasteiger partial charge in [-0.15, -0.1) is 0 Å². The minimum Gasteiger partial charge on any atom is -0.410 e. The number of nitrogens with one attached hydrogen (secondary N) is 1. The van der Waals surface area contributed by atoms with Crippen molar-refractivity contribution in [3.05, 3.63) is 30.3 Å². The van der Waals surface area contributed by atoms with Crippen LogP contribution in [-0.4, -0.2) is 54.3 Å². The van der Waals surface area contributed by atoms with Crippen LogP contribution in [-0.2, 0) is 0 Å². The molecule has 0 unspecified atom stereocenters. The Balaban J connectivity index is 3.22. The summed E-state index contributed by atoms with van der Waals surface area (Å²) in [5.41, 5.74) is 0. The second-order valence-corrected chi connectivity index (χ2v) is 6.13. The maximum atomic E-state index is 13.6. The molecule has 0 saturated heterocycles. The first-order valence-electron chi connectivity index (χ1n) is 7.81. The largest absolute Gasteiger partial charge is 0.460 e. The zero-order valence-corrected chi connectivity index (χ0v) is 15.1. The average molecular weight is 519 g/mol. The number of rotatable bonds is 8. The molecule has 3 nitrogen and oxygen atoms in total. The second kappa shape index (κ2) is 8.34. The van der Waals surface area contributed by atoms with Gasteiger partial charge in [0.25, 0.3) is 0 Å². The van der Waals surface area contributed by atoms with Crippen LogP contribution in [0.1, 0.15) is 0 Å². The average Bonchev–Trinajstić information content (AvgIpc) is 2.65. The lowest BCUT2D eigenvalue weighted by Gasteiger charge is -2.41. The lowest BCUT2D eigenvalue weighted by Crippen LogP contribution is -2.73. The monoisotopic (exact) mass is 519 g/mol. The molecular weight excluding hydrogens is 511 g/mol. The first-order valence-corrected chi connectivity index (χ1v) is 7.81. The molecular formula is C15H8F15NO2. The standard InChI is InChI=1S/C15H8F15NO2/c16-9(17,6-31-8(32)33-7-4-2-1-3-5-7)10(18,19)11(20,21)12(22,23)13(24,25)14(26,27)15(28,29)30/h1-5H,6H2,(H,31,32). The van der Waals surface area contributed by atoms with Gasteiger partial charge >= 0.3 is 47.8 Å². The number of alkyl halides is 15. The van der Waals surface area contributed by atoms with Gasteiger partial charge in [-0.3, -0.25) is 0 Å². The van der Waals surface area contributed by atoms with Gasteiger partial charge in [-0.2, -0.15) is 65.9 Å². The minimum absolute atomic E-state index is 0.434. The van der Waals surface area contributed by atoms with E-state index in [1.165, 1.54) is 18.2 Å². The van der Waals surface area contributed by atoms with Crippen LogP contribution in [0.15, 0.2) is 30.3 Å². The van der Waals surface area contributed by atoms with Gasteiger partial charge < -0.3 is 10.1 Å². The summed E-state index contributed by atoms with van der Waals surface area (Å²) in [5.74, 6) is -47.7. The van der Waals surface area contributed by atoms with Crippen LogP contribution in [0.3, 0.4) is 0 Å². The molecule has 1 aromatic rings. The molecule has 1 rings (SSSR count). The molecule has 0 radical (unpaired) electrons. The molecule has 0 saturated carbocycles. The van der Waals surface area contributed by atoms with E-state index >= 15 is 0 Å². The molecule has 18 heteroatoms. The summed E-state index contributed by atoms with van der Waals surface area (Å²) in [4.78, 5) is 11.2. The smallest absolute Gasteiger partial charge is 0.410 e. The van der Waals surface area contributed by atoms with Crippen molar-refractivity contribution in [1.29, 1.82) is 0 Å². The predicted octanol–water partition coefficient (Wildman–Crippen LogP) is 6.15. The second-order valence-electron chi connectivity index (χ2n) is 6.13. The molecule has 0 fully saturated rings. The van der Waals surface area contributed by atoms with Crippen LogP contribution in [0, 0.1) is 0 Å². The van der Waals surface area contributed by atoms with Crippen molar-refractivity contribution in [2.45, 2.75) is 41.7 Å². The molecule has 0 spiro atoms. The van der Waals surface area contributed by atoms with Crippen molar-refractivity contribution >= 4 is 6.09 Å². The highest BCUT2D eigenvalue weighted by molar-refractivity contribution is 5.70. The summed E-state index contributed by atoms with van der Waals surface area (Å²) in [6.45, 7) is -3.02. The van der Waals surface area contributed by atoms with Crippen LogP contribution in [0.2, 0.25) is 0 Å². The highest BCUT2D eigenvalue weighted by Gasteiger charge is 2.93. The van der Waals surface area contributed by atoms with Gasteiger partial charge in [0, 0.05) is 0 Å². The SMILES string of the molecule is O=C(NCC(F)(F)C(F)(F)C(F)(F)C(F)(F)C(F)(F)C(F)(F)C(F)(F)F)Oc1ccccc1. The van der Waals surface area contributed by atoms with E-state index in [0.29, 0.717) is 5.32 Å². The number of hydrogen-bond acceptors (Lipinski definition) is 2. The van der Waals surface area contributed by atoms with E-state index in [0.717, 1.165) is 12.1 Å². The molecule has 190 valence electrons. The third-order valence-electron chi connectivity index (χ3n) is 3.80. The van der Waals surface area contributed by atoms with Crippen molar-refractivity contribution in [3.63, 3.8) is 0 Å². The minimum atomic E-state index is -8.38. The van der Waals surface area contributed by atoms with Crippen molar-refractivity contribution in [3.8, 4) is 5.75 Å². The van der Waals surface area contributed by atoms with Gasteiger partial charge in [-0.1, -0.05) is 18.2 Å². The number of ether oxygens (including phenoxy) is 1. The Morgan fingerprint density at radius 3 is 1.45 bits per heavy atom. The van der Waals surface area contributed by atoms with Crippen LogP contribution in [0.25, 0.3) is 0 Å². The Morgan fingerprint density at radius 1 is 0.636 bits per heavy atom. The van der Waals surface area contributed by atoms with Gasteiger partial charge in [-0.25, -0.2) is 4.79 Å². The Labute approximate surface area is 172 Å². The summed E-state index contributed by atoms with van der Waals surface area (Å²) in [7, 11) is 0. The van der Waals surface area contributed by atoms with Gasteiger partial charge in [-0.05, 0) is 12.1 Å². The summed E-state index contributed by atoms with van der Waals surface area (Å²) in [6, 6.07) is 5.73. The Morgan fingerprint density at radius 2 is 1.03 bits per heavy atom. The number of benzene rings is 1. The van der Waals surface area contributed by atoms with Crippen LogP contribution in [0.5, 0.6) is 5.75 Å². The Bertz CT molecular complexity index is 835. The number of amides is 1. The van der Waals surface area contributed by atoms with Crippen molar-refractivity contribution in [2.24, 2.45) is 0 Å². The zero-order valence-electron chi connectivity index (χ0n) is 15.1. The lowest BCUT2D eigenvalue weighted by molar-refractivity contribution is -0.451. The fraction of sp³-hybridized carbons (Fsp3) is 0.533. The molecule has 1 N–H and O–H groups in total. The fourth-order valence-corrected chi connectivity index (χ4v) is 1.93. The third kappa shape index (κ3) is 4.60. The molecule has 0 aliphatic heterocycles. The number of carbonyl (C=O) groups excluding carboxylic acids is 1. The molecule has 33 heavy (non-hydrogen) atoms. The molecule has 0 heterocycles. The van der Waals surface area contributed by atoms with E-state index in [1.54, 1.807) is 0 Å². The number of carbonyl (C=O) groups is 1. The highest BCUT2D eigenvalue weighted by Crippen LogP contribution is 2.62. The van der Waals surface area contributed by atoms with Gasteiger partial charge in [0.15, 0.2) is 0 Å². The van der Waals surface area contributed by atoms with E-state index in [-0.39, 0.29) is 0 Å². The molecule has 0 aromatic heterocycles. The quantitative estimate of drug-likeness (QED) is 0.419. The molecule has 0 aliphatic carbocycles. The first kappa shape index (κ1) is 28.5. The van der Waals surface area contributed by atoms with Crippen molar-refractivity contribution in [1.82, 2.24) is 5.32 Å². The Kier molecular flexibility index (Phi) is 7.19. The normalized spacial score (nSPS) is 14.8. The summed E-state index contributed by atoms with van der Waals surface area (Å²) >= 11 is 0. The maximum absolute atomic E-state index is 13.6. The van der Waals surface area contributed by atoms with Crippen LogP contribution >= 0.6 is 0 Å². The van der Waals surface area contributed by atoms with Gasteiger partial charge in [0.2, 0.25) is 0 Å². The van der Waals surface area contributed by atoms with Crippen LogP contribution in [0.4, 0.5) is 70.7 Å². The predicted molar refractivity (Wildman–Crippen MR) is 76.2 cm³/mol. The van der Waals surface area contributed by atoms with Crippen LogP contribution < -0.4 is 10.1 Å². The molecule has 0 bridgehead atoms. The molecule has 1 aromatic carbocycles. The highest BCUT2D eigenvalue weighted by atomic mass is 19.4. The summed E-state index contributed by atoms with van der Waals surface area (Å²) in [6.07, 6.45) is -9.74.